The zero-order chi connectivity index (χ0) is 30.4. The number of unbranched alkanes of at least 4 members (excludes halogenated alkanes) is 1. The van der Waals surface area contributed by atoms with Crippen LogP contribution in [0.5, 0.6) is 11.5 Å². The summed E-state index contributed by atoms with van der Waals surface area (Å²) in [6.07, 6.45) is 8.62. The molecule has 3 amide bonds. The Morgan fingerprint density at radius 3 is 2.35 bits per heavy atom. The summed E-state index contributed by atoms with van der Waals surface area (Å²) in [5.41, 5.74) is 0.845. The summed E-state index contributed by atoms with van der Waals surface area (Å²) in [6.45, 7) is 4.74. The summed E-state index contributed by atoms with van der Waals surface area (Å²) in [4.78, 5) is 43.4. The molecule has 3 atom stereocenters. The quantitative estimate of drug-likeness (QED) is 0.362. The van der Waals surface area contributed by atoms with E-state index >= 15 is 0 Å². The lowest BCUT2D eigenvalue weighted by Crippen LogP contribution is -2.75. The Morgan fingerprint density at radius 1 is 1.07 bits per heavy atom. The topological polar surface area (TPSA) is 111 Å². The lowest BCUT2D eigenvalue weighted by atomic mass is 9.78. The largest absolute Gasteiger partial charge is 0.457 e. The second kappa shape index (κ2) is 13.7. The SMILES string of the molecule is CCCCN1C(=O)[C@@H](C(O)[C@H]2CC=CCC2)NC(=O)C12CCN(Cc1ccc(Oc3ccc(C(=O)NC)cc3)cc1)CC2. The van der Waals surface area contributed by atoms with Crippen LogP contribution in [0, 0.1) is 5.92 Å². The minimum absolute atomic E-state index is 0.0190. The molecule has 2 saturated heterocycles. The highest BCUT2D eigenvalue weighted by Gasteiger charge is 2.55. The molecule has 2 aromatic rings. The first-order valence-corrected chi connectivity index (χ1v) is 15.6. The summed E-state index contributed by atoms with van der Waals surface area (Å²) < 4.78 is 5.95. The van der Waals surface area contributed by atoms with Gasteiger partial charge in [-0.25, -0.2) is 0 Å². The van der Waals surface area contributed by atoms with Crippen molar-refractivity contribution >= 4 is 17.7 Å². The van der Waals surface area contributed by atoms with E-state index in [1.165, 1.54) is 0 Å². The average molecular weight is 589 g/mol. The number of piperidine rings is 1. The molecule has 1 spiro atoms. The summed E-state index contributed by atoms with van der Waals surface area (Å²) in [6, 6.07) is 14.1. The van der Waals surface area contributed by atoms with Gasteiger partial charge in [0.1, 0.15) is 23.1 Å². The predicted molar refractivity (Wildman–Crippen MR) is 165 cm³/mol. The molecule has 9 nitrogen and oxygen atoms in total. The smallest absolute Gasteiger partial charge is 0.251 e. The highest BCUT2D eigenvalue weighted by Crippen LogP contribution is 2.36. The van der Waals surface area contributed by atoms with E-state index in [0.717, 1.165) is 44.2 Å². The number of likely N-dealkylation sites (tertiary alicyclic amines) is 1. The molecule has 0 aromatic heterocycles. The molecule has 3 aliphatic rings. The van der Waals surface area contributed by atoms with Gasteiger partial charge in [-0.05, 0) is 86.4 Å². The fourth-order valence-electron chi connectivity index (χ4n) is 6.56. The molecule has 2 aliphatic heterocycles. The van der Waals surface area contributed by atoms with Crippen LogP contribution < -0.4 is 15.4 Å². The second-order valence-corrected chi connectivity index (χ2v) is 12.0. The van der Waals surface area contributed by atoms with E-state index in [1.807, 2.05) is 29.2 Å². The zero-order valence-electron chi connectivity index (χ0n) is 25.3. The van der Waals surface area contributed by atoms with Crippen LogP contribution in [-0.2, 0) is 16.1 Å². The first-order chi connectivity index (χ1) is 20.8. The monoisotopic (exact) mass is 588 g/mol. The molecule has 2 aromatic carbocycles. The zero-order valence-corrected chi connectivity index (χ0v) is 25.3. The van der Waals surface area contributed by atoms with Crippen molar-refractivity contribution in [3.8, 4) is 11.5 Å². The minimum Gasteiger partial charge on any atom is -0.457 e. The Morgan fingerprint density at radius 2 is 1.74 bits per heavy atom. The lowest BCUT2D eigenvalue weighted by Gasteiger charge is -2.52. The van der Waals surface area contributed by atoms with Crippen LogP contribution in [0.25, 0.3) is 0 Å². The van der Waals surface area contributed by atoms with Crippen molar-refractivity contribution in [2.24, 2.45) is 5.92 Å². The fraction of sp³-hybridized carbons (Fsp3) is 0.500. The van der Waals surface area contributed by atoms with Gasteiger partial charge in [-0.15, -0.1) is 0 Å². The number of ether oxygens (including phenoxy) is 1. The number of rotatable bonds is 10. The van der Waals surface area contributed by atoms with E-state index in [1.54, 1.807) is 31.3 Å². The van der Waals surface area contributed by atoms with E-state index in [9.17, 15) is 19.5 Å². The molecule has 2 heterocycles. The van der Waals surface area contributed by atoms with Gasteiger partial charge in [0.15, 0.2) is 0 Å². The molecule has 0 saturated carbocycles. The van der Waals surface area contributed by atoms with Crippen molar-refractivity contribution in [3.05, 3.63) is 71.8 Å². The molecule has 9 heteroatoms. The molecular formula is C34H44N4O5. The van der Waals surface area contributed by atoms with Crippen LogP contribution >= 0.6 is 0 Å². The molecule has 0 bridgehead atoms. The van der Waals surface area contributed by atoms with Crippen LogP contribution in [0.2, 0.25) is 0 Å². The van der Waals surface area contributed by atoms with Crippen molar-refractivity contribution in [2.45, 2.75) is 76.1 Å². The summed E-state index contributed by atoms with van der Waals surface area (Å²) >= 11 is 0. The molecule has 5 rings (SSSR count). The van der Waals surface area contributed by atoms with Crippen molar-refractivity contribution in [1.29, 1.82) is 0 Å². The minimum atomic E-state index is -0.878. The van der Waals surface area contributed by atoms with Gasteiger partial charge in [-0.3, -0.25) is 19.3 Å². The average Bonchev–Trinajstić information content (AvgIpc) is 3.04. The number of carbonyl (C=O) groups is 3. The number of aliphatic hydroxyl groups excluding tert-OH is 1. The number of nitrogens with zero attached hydrogens (tertiary/aromatic N) is 2. The maximum absolute atomic E-state index is 13.8. The second-order valence-electron chi connectivity index (χ2n) is 12.0. The van der Waals surface area contributed by atoms with Gasteiger partial charge in [0.2, 0.25) is 11.8 Å². The number of aliphatic hydroxyl groups is 1. The number of hydrogen-bond donors (Lipinski definition) is 3. The standard InChI is InChI=1S/C34H44N4O5/c1-3-4-20-38-32(41)29(30(39)25-8-6-5-7-9-25)36-33(42)34(38)18-21-37(22-19-34)23-24-10-14-27(15-11-24)43-28-16-12-26(13-17-28)31(40)35-2/h5-6,10-17,25,29-30,39H,3-4,7-9,18-23H2,1-2H3,(H,35,40)(H,36,42)/t25-,29+,30?/m0/s1. The summed E-state index contributed by atoms with van der Waals surface area (Å²) in [5.74, 6) is 0.943. The van der Waals surface area contributed by atoms with Crippen molar-refractivity contribution in [1.82, 2.24) is 20.4 Å². The van der Waals surface area contributed by atoms with Gasteiger partial charge >= 0.3 is 0 Å². The molecule has 1 aliphatic carbocycles. The van der Waals surface area contributed by atoms with Crippen molar-refractivity contribution < 1.29 is 24.2 Å². The number of amides is 3. The Balaban J connectivity index is 1.19. The molecule has 43 heavy (non-hydrogen) atoms. The number of allylic oxidation sites excluding steroid dienone is 2. The number of hydrogen-bond acceptors (Lipinski definition) is 6. The number of carbonyl (C=O) groups excluding carboxylic acids is 3. The first kappa shape index (κ1) is 30.8. The number of benzene rings is 2. The van der Waals surface area contributed by atoms with Gasteiger partial charge in [0, 0.05) is 38.8 Å². The van der Waals surface area contributed by atoms with Crippen LogP contribution in [0.3, 0.4) is 0 Å². The third kappa shape index (κ3) is 6.78. The van der Waals surface area contributed by atoms with Gasteiger partial charge in [-0.1, -0.05) is 37.6 Å². The lowest BCUT2D eigenvalue weighted by molar-refractivity contribution is -0.165. The molecule has 1 unspecified atom stereocenters. The van der Waals surface area contributed by atoms with Gasteiger partial charge in [0.25, 0.3) is 5.91 Å². The molecule has 2 fully saturated rings. The van der Waals surface area contributed by atoms with E-state index in [0.29, 0.717) is 49.5 Å². The third-order valence-corrected chi connectivity index (χ3v) is 9.22. The van der Waals surface area contributed by atoms with Crippen LogP contribution in [0.4, 0.5) is 0 Å². The van der Waals surface area contributed by atoms with Crippen molar-refractivity contribution in [2.75, 3.05) is 26.7 Å². The molecule has 0 radical (unpaired) electrons. The summed E-state index contributed by atoms with van der Waals surface area (Å²) in [5, 5.41) is 16.7. The van der Waals surface area contributed by atoms with Gasteiger partial charge in [-0.2, -0.15) is 0 Å². The predicted octanol–water partition coefficient (Wildman–Crippen LogP) is 4.02. The third-order valence-electron chi connectivity index (χ3n) is 9.22. The summed E-state index contributed by atoms with van der Waals surface area (Å²) in [7, 11) is 1.60. The fourth-order valence-corrected chi connectivity index (χ4v) is 6.56. The van der Waals surface area contributed by atoms with E-state index in [4.69, 9.17) is 4.74 Å². The van der Waals surface area contributed by atoms with E-state index < -0.39 is 17.7 Å². The highest BCUT2D eigenvalue weighted by molar-refractivity contribution is 6.00. The Hall–Kier alpha value is -3.69. The highest BCUT2D eigenvalue weighted by atomic mass is 16.5. The van der Waals surface area contributed by atoms with Crippen molar-refractivity contribution in [3.63, 3.8) is 0 Å². The van der Waals surface area contributed by atoms with Crippen LogP contribution in [0.15, 0.2) is 60.7 Å². The van der Waals surface area contributed by atoms with Gasteiger partial charge < -0.3 is 25.4 Å². The maximum atomic E-state index is 13.8. The Kier molecular flexibility index (Phi) is 9.82. The maximum Gasteiger partial charge on any atom is 0.251 e. The van der Waals surface area contributed by atoms with Crippen LogP contribution in [0.1, 0.15) is 67.8 Å². The normalized spacial score (nSPS) is 22.7. The number of nitrogens with one attached hydrogen (secondary N) is 2. The molecule has 3 N–H and O–H groups in total. The molecular weight excluding hydrogens is 544 g/mol. The van der Waals surface area contributed by atoms with Gasteiger partial charge in [0.05, 0.1) is 6.10 Å². The van der Waals surface area contributed by atoms with E-state index in [-0.39, 0.29) is 23.6 Å². The molecule has 230 valence electrons. The Labute approximate surface area is 254 Å². The first-order valence-electron chi connectivity index (χ1n) is 15.6. The van der Waals surface area contributed by atoms with Crippen LogP contribution in [-0.4, -0.2) is 77.0 Å². The number of piperazine rings is 1. The Bertz CT molecular complexity index is 1300. The van der Waals surface area contributed by atoms with E-state index in [2.05, 4.69) is 34.6 Å².